The molecule has 12 heavy (non-hydrogen) atoms. The zero-order valence-corrected chi connectivity index (χ0v) is 7.71. The zero-order valence-electron chi connectivity index (χ0n) is 6.90. The number of hydrogen-bond acceptors (Lipinski definition) is 3. The lowest BCUT2D eigenvalue weighted by molar-refractivity contribution is 0.455. The van der Waals surface area contributed by atoms with Gasteiger partial charge in [0.2, 0.25) is 0 Å². The molecule has 0 saturated carbocycles. The summed E-state index contributed by atoms with van der Waals surface area (Å²) < 4.78 is 30.2. The Hall–Kier alpha value is -0.550. The molecule has 70 valence electrons. The van der Waals surface area contributed by atoms with Crippen LogP contribution in [0.4, 0.5) is 0 Å². The maximum absolute atomic E-state index is 10.7. The average Bonchev–Trinajstić information content (AvgIpc) is 1.83. The second-order valence-electron chi connectivity index (χ2n) is 3.22. The monoisotopic (exact) mass is 191 g/mol. The van der Waals surface area contributed by atoms with E-state index in [4.69, 9.17) is 10.3 Å². The fraction of sp³-hybridized carbons (Fsp3) is 0.714. The Balaban J connectivity index is 2.91. The first-order valence-electron chi connectivity index (χ1n) is 3.84. The van der Waals surface area contributed by atoms with Crippen LogP contribution in [-0.2, 0) is 10.1 Å². The highest BCUT2D eigenvalue weighted by molar-refractivity contribution is 7.86. The van der Waals surface area contributed by atoms with E-state index in [1.807, 2.05) is 6.92 Å². The molecule has 1 aliphatic carbocycles. The second-order valence-corrected chi connectivity index (χ2v) is 4.82. The van der Waals surface area contributed by atoms with E-state index in [2.05, 4.69) is 0 Å². The van der Waals surface area contributed by atoms with Gasteiger partial charge < -0.3 is 5.73 Å². The molecule has 2 atom stereocenters. The molecule has 2 unspecified atom stereocenters. The van der Waals surface area contributed by atoms with Crippen LogP contribution in [0.25, 0.3) is 0 Å². The molecule has 0 spiro atoms. The van der Waals surface area contributed by atoms with Crippen molar-refractivity contribution < 1.29 is 13.0 Å². The number of rotatable bonds is 1. The molecule has 0 aromatic heterocycles. The summed E-state index contributed by atoms with van der Waals surface area (Å²) in [5, 5.41) is -0.881. The molecule has 4 nitrogen and oxygen atoms in total. The molecule has 0 aliphatic heterocycles. The van der Waals surface area contributed by atoms with Gasteiger partial charge in [0, 0.05) is 5.70 Å². The van der Waals surface area contributed by atoms with Crippen molar-refractivity contribution in [3.63, 3.8) is 0 Å². The Bertz CT molecular complexity index is 294. The predicted molar refractivity (Wildman–Crippen MR) is 46.0 cm³/mol. The van der Waals surface area contributed by atoms with E-state index in [9.17, 15) is 8.42 Å². The molecular weight excluding hydrogens is 178 g/mol. The molecule has 0 aromatic rings. The lowest BCUT2D eigenvalue weighted by atomic mass is 9.95. The van der Waals surface area contributed by atoms with Gasteiger partial charge in [-0.05, 0) is 18.8 Å². The molecular formula is C7H13NO3S. The van der Waals surface area contributed by atoms with Crippen LogP contribution in [0.15, 0.2) is 11.8 Å². The fourth-order valence-corrected chi connectivity index (χ4v) is 2.28. The molecule has 0 heterocycles. The topological polar surface area (TPSA) is 80.4 Å². The summed E-state index contributed by atoms with van der Waals surface area (Å²) in [6.07, 6.45) is 2.87. The van der Waals surface area contributed by atoms with Gasteiger partial charge in [0.05, 0.1) is 0 Å². The Labute approximate surface area is 72.2 Å². The third-order valence-corrected chi connectivity index (χ3v) is 3.32. The van der Waals surface area contributed by atoms with Crippen molar-refractivity contribution in [3.8, 4) is 0 Å². The Morgan fingerprint density at radius 2 is 2.17 bits per heavy atom. The maximum atomic E-state index is 10.7. The quantitative estimate of drug-likeness (QED) is 0.592. The van der Waals surface area contributed by atoms with E-state index < -0.39 is 15.4 Å². The van der Waals surface area contributed by atoms with Gasteiger partial charge in [0.25, 0.3) is 10.1 Å². The average molecular weight is 191 g/mol. The third-order valence-electron chi connectivity index (χ3n) is 2.09. The van der Waals surface area contributed by atoms with Gasteiger partial charge in [-0.25, -0.2) is 0 Å². The summed E-state index contributed by atoms with van der Waals surface area (Å²) in [7, 11) is -3.99. The fourth-order valence-electron chi connectivity index (χ4n) is 1.42. The minimum absolute atomic E-state index is 0.274. The van der Waals surface area contributed by atoms with Gasteiger partial charge in [-0.3, -0.25) is 4.55 Å². The standard InChI is InChI=1S/C7H13NO3S/c1-5-2-3-7(6(8)4-5)12(9,10)11/h4-5,7H,2-3,8H2,1H3,(H,9,10,11). The van der Waals surface area contributed by atoms with Crippen LogP contribution < -0.4 is 5.73 Å². The molecule has 0 fully saturated rings. The molecule has 0 radical (unpaired) electrons. The minimum Gasteiger partial charge on any atom is -0.401 e. The Kier molecular flexibility index (Phi) is 2.44. The van der Waals surface area contributed by atoms with Crippen LogP contribution in [0.1, 0.15) is 19.8 Å². The van der Waals surface area contributed by atoms with Crippen molar-refractivity contribution in [1.82, 2.24) is 0 Å². The van der Waals surface area contributed by atoms with Crippen LogP contribution in [0.3, 0.4) is 0 Å². The lowest BCUT2D eigenvalue weighted by Gasteiger charge is -2.21. The summed E-state index contributed by atoms with van der Waals surface area (Å²) in [6, 6.07) is 0. The van der Waals surface area contributed by atoms with Crippen molar-refractivity contribution in [2.45, 2.75) is 25.0 Å². The lowest BCUT2D eigenvalue weighted by Crippen LogP contribution is -2.30. The minimum atomic E-state index is -3.99. The first kappa shape index (κ1) is 9.54. The van der Waals surface area contributed by atoms with Gasteiger partial charge >= 0.3 is 0 Å². The first-order valence-corrected chi connectivity index (χ1v) is 5.35. The molecule has 0 bridgehead atoms. The highest BCUT2D eigenvalue weighted by Gasteiger charge is 2.28. The second kappa shape index (κ2) is 3.06. The van der Waals surface area contributed by atoms with E-state index in [1.54, 1.807) is 6.08 Å². The summed E-state index contributed by atoms with van der Waals surface area (Å²) in [4.78, 5) is 0. The Morgan fingerprint density at radius 1 is 1.58 bits per heavy atom. The highest BCUT2D eigenvalue weighted by Crippen LogP contribution is 2.24. The van der Waals surface area contributed by atoms with Gasteiger partial charge in [0.15, 0.2) is 0 Å². The summed E-state index contributed by atoms with van der Waals surface area (Å²) in [5.74, 6) is 0.308. The number of allylic oxidation sites excluding steroid dienone is 1. The highest BCUT2D eigenvalue weighted by atomic mass is 32.2. The molecule has 0 saturated heterocycles. The SMILES string of the molecule is CC1C=C(N)C(S(=O)(=O)O)CC1. The van der Waals surface area contributed by atoms with E-state index in [0.29, 0.717) is 12.3 Å². The van der Waals surface area contributed by atoms with Crippen LogP contribution in [0.5, 0.6) is 0 Å². The largest absolute Gasteiger partial charge is 0.401 e. The van der Waals surface area contributed by atoms with E-state index in [-0.39, 0.29) is 5.70 Å². The smallest absolute Gasteiger partial charge is 0.273 e. The van der Waals surface area contributed by atoms with Gasteiger partial charge in [-0.15, -0.1) is 0 Å². The van der Waals surface area contributed by atoms with Gasteiger partial charge in [0.1, 0.15) is 5.25 Å². The Morgan fingerprint density at radius 3 is 2.58 bits per heavy atom. The van der Waals surface area contributed by atoms with Crippen LogP contribution >= 0.6 is 0 Å². The van der Waals surface area contributed by atoms with E-state index in [0.717, 1.165) is 6.42 Å². The first-order chi connectivity index (χ1) is 5.41. The van der Waals surface area contributed by atoms with E-state index >= 15 is 0 Å². The van der Waals surface area contributed by atoms with Crippen molar-refractivity contribution in [1.29, 1.82) is 0 Å². The number of nitrogens with two attached hydrogens (primary N) is 1. The van der Waals surface area contributed by atoms with E-state index in [1.165, 1.54) is 0 Å². The van der Waals surface area contributed by atoms with Crippen LogP contribution in [-0.4, -0.2) is 18.2 Å². The van der Waals surface area contributed by atoms with Gasteiger partial charge in [-0.2, -0.15) is 8.42 Å². The van der Waals surface area contributed by atoms with Crippen molar-refractivity contribution in [3.05, 3.63) is 11.8 Å². The summed E-state index contributed by atoms with van der Waals surface area (Å²) in [6.45, 7) is 1.97. The normalized spacial score (nSPS) is 31.3. The number of hydrogen-bond donors (Lipinski definition) is 2. The molecule has 1 aliphatic rings. The molecule has 0 amide bonds. The molecule has 1 rings (SSSR count). The molecule has 3 N–H and O–H groups in total. The van der Waals surface area contributed by atoms with Crippen molar-refractivity contribution in [2.24, 2.45) is 11.7 Å². The van der Waals surface area contributed by atoms with Gasteiger partial charge in [-0.1, -0.05) is 13.0 Å². The summed E-state index contributed by atoms with van der Waals surface area (Å²) in [5.41, 5.74) is 5.75. The molecule has 0 aromatic carbocycles. The third kappa shape index (κ3) is 1.98. The van der Waals surface area contributed by atoms with Crippen LogP contribution in [0, 0.1) is 5.92 Å². The van der Waals surface area contributed by atoms with Crippen molar-refractivity contribution in [2.75, 3.05) is 0 Å². The maximum Gasteiger partial charge on any atom is 0.273 e. The van der Waals surface area contributed by atoms with Crippen molar-refractivity contribution >= 4 is 10.1 Å². The zero-order chi connectivity index (χ0) is 9.35. The van der Waals surface area contributed by atoms with Crippen LogP contribution in [0.2, 0.25) is 0 Å². The molecule has 5 heteroatoms. The summed E-state index contributed by atoms with van der Waals surface area (Å²) >= 11 is 0. The predicted octanol–water partition coefficient (Wildman–Crippen LogP) is 0.515.